The van der Waals surface area contributed by atoms with E-state index in [-0.39, 0.29) is 15.8 Å². The fourth-order valence-corrected chi connectivity index (χ4v) is 4.07. The molecule has 0 amide bonds. The van der Waals surface area contributed by atoms with Crippen molar-refractivity contribution < 1.29 is 21.9 Å². The van der Waals surface area contributed by atoms with E-state index < -0.39 is 21.7 Å². The topological polar surface area (TPSA) is 68.3 Å². The van der Waals surface area contributed by atoms with Crippen molar-refractivity contribution in [2.75, 3.05) is 11.8 Å². The third-order valence-corrected chi connectivity index (χ3v) is 5.41. The third-order valence-electron chi connectivity index (χ3n) is 3.01. The quantitative estimate of drug-likeness (QED) is 0.778. The van der Waals surface area contributed by atoms with Crippen LogP contribution in [0.25, 0.3) is 10.2 Å². The van der Waals surface area contributed by atoms with Crippen LogP contribution < -0.4 is 9.46 Å². The van der Waals surface area contributed by atoms with E-state index in [2.05, 4.69) is 9.71 Å². The minimum absolute atomic E-state index is 0.0561. The van der Waals surface area contributed by atoms with Gasteiger partial charge in [0, 0.05) is 0 Å². The average Bonchev–Trinajstić information content (AvgIpc) is 2.87. The molecule has 23 heavy (non-hydrogen) atoms. The van der Waals surface area contributed by atoms with E-state index in [1.54, 1.807) is 0 Å². The Balaban J connectivity index is 1.94. The maximum Gasteiger partial charge on any atom is 0.263 e. The van der Waals surface area contributed by atoms with Crippen LogP contribution in [-0.2, 0) is 10.0 Å². The summed E-state index contributed by atoms with van der Waals surface area (Å²) in [5.74, 6) is -1.28. The number of halogens is 2. The van der Waals surface area contributed by atoms with Crippen LogP contribution in [0.2, 0.25) is 0 Å². The molecule has 0 spiro atoms. The van der Waals surface area contributed by atoms with Crippen LogP contribution in [-0.4, -0.2) is 20.5 Å². The van der Waals surface area contributed by atoms with E-state index in [0.717, 1.165) is 17.4 Å². The number of nitrogens with one attached hydrogen (secondary N) is 1. The average molecular weight is 356 g/mol. The first-order valence-electron chi connectivity index (χ1n) is 6.31. The van der Waals surface area contributed by atoms with E-state index in [1.807, 2.05) is 0 Å². The van der Waals surface area contributed by atoms with Crippen molar-refractivity contribution >= 4 is 36.7 Å². The SMILES string of the molecule is COc1ccc(S(=O)(=O)Nc2nc3ccc(F)cc3s2)cc1F. The summed E-state index contributed by atoms with van der Waals surface area (Å²) in [6.45, 7) is 0. The van der Waals surface area contributed by atoms with Crippen molar-refractivity contribution in [2.45, 2.75) is 4.90 Å². The molecule has 0 bridgehead atoms. The molecule has 0 saturated heterocycles. The van der Waals surface area contributed by atoms with Gasteiger partial charge in [0.2, 0.25) is 0 Å². The first-order valence-corrected chi connectivity index (χ1v) is 8.61. The number of thiazole rings is 1. The lowest BCUT2D eigenvalue weighted by molar-refractivity contribution is 0.385. The summed E-state index contributed by atoms with van der Waals surface area (Å²) in [5.41, 5.74) is 0.468. The second-order valence-electron chi connectivity index (χ2n) is 4.53. The monoisotopic (exact) mass is 356 g/mol. The Morgan fingerprint density at radius 3 is 2.65 bits per heavy atom. The number of ether oxygens (including phenoxy) is 1. The Bertz CT molecular complexity index is 987. The smallest absolute Gasteiger partial charge is 0.263 e. The number of anilines is 1. The van der Waals surface area contributed by atoms with Crippen LogP contribution in [0.4, 0.5) is 13.9 Å². The largest absolute Gasteiger partial charge is 0.494 e. The standard InChI is InChI=1S/C14H10F2N2O3S2/c1-21-12-5-3-9(7-10(12)16)23(19,20)18-14-17-11-4-2-8(15)6-13(11)22-14/h2-7H,1H3,(H,17,18). The number of methoxy groups -OCH3 is 1. The van der Waals surface area contributed by atoms with Crippen LogP contribution in [0.5, 0.6) is 5.75 Å². The summed E-state index contributed by atoms with van der Waals surface area (Å²) in [6, 6.07) is 7.24. The first-order chi connectivity index (χ1) is 10.9. The molecular weight excluding hydrogens is 346 g/mol. The Hall–Kier alpha value is -2.26. The molecule has 9 heteroatoms. The van der Waals surface area contributed by atoms with Crippen molar-refractivity contribution in [3.05, 3.63) is 48.0 Å². The molecule has 120 valence electrons. The fraction of sp³-hybridized carbons (Fsp3) is 0.0714. The molecule has 0 fully saturated rings. The summed E-state index contributed by atoms with van der Waals surface area (Å²) in [5, 5.41) is 0.0711. The van der Waals surface area contributed by atoms with Gasteiger partial charge in [0.05, 0.1) is 22.2 Å². The predicted octanol–water partition coefficient (Wildman–Crippen LogP) is 3.38. The van der Waals surface area contributed by atoms with Gasteiger partial charge in [-0.15, -0.1) is 0 Å². The highest BCUT2D eigenvalue weighted by molar-refractivity contribution is 7.93. The van der Waals surface area contributed by atoms with Crippen molar-refractivity contribution in [2.24, 2.45) is 0 Å². The number of hydrogen-bond donors (Lipinski definition) is 1. The van der Waals surface area contributed by atoms with Gasteiger partial charge in [-0.05, 0) is 36.4 Å². The molecule has 1 aromatic heterocycles. The Morgan fingerprint density at radius 2 is 1.96 bits per heavy atom. The van der Waals surface area contributed by atoms with E-state index in [1.165, 1.54) is 37.4 Å². The fourth-order valence-electron chi connectivity index (χ4n) is 1.93. The lowest BCUT2D eigenvalue weighted by Gasteiger charge is -2.07. The highest BCUT2D eigenvalue weighted by Crippen LogP contribution is 2.29. The maximum atomic E-state index is 13.7. The van der Waals surface area contributed by atoms with Crippen molar-refractivity contribution in [1.82, 2.24) is 4.98 Å². The summed E-state index contributed by atoms with van der Waals surface area (Å²) in [7, 11) is -2.73. The van der Waals surface area contributed by atoms with Crippen molar-refractivity contribution in [3.63, 3.8) is 0 Å². The highest BCUT2D eigenvalue weighted by Gasteiger charge is 2.19. The molecule has 0 radical (unpaired) electrons. The van der Waals surface area contributed by atoms with Gasteiger partial charge in [0.15, 0.2) is 16.7 Å². The molecule has 0 aliphatic carbocycles. The molecule has 0 aliphatic rings. The number of rotatable bonds is 4. The second kappa shape index (κ2) is 5.74. The van der Waals surface area contributed by atoms with Crippen LogP contribution in [0, 0.1) is 11.6 Å². The van der Waals surface area contributed by atoms with E-state index in [9.17, 15) is 17.2 Å². The minimum atomic E-state index is -4.01. The minimum Gasteiger partial charge on any atom is -0.494 e. The van der Waals surface area contributed by atoms with Gasteiger partial charge in [-0.25, -0.2) is 22.2 Å². The zero-order valence-electron chi connectivity index (χ0n) is 11.7. The molecule has 1 N–H and O–H groups in total. The molecular formula is C14H10F2N2O3S2. The van der Waals surface area contributed by atoms with E-state index in [4.69, 9.17) is 4.74 Å². The molecule has 0 aliphatic heterocycles. The van der Waals surface area contributed by atoms with Crippen molar-refractivity contribution in [1.29, 1.82) is 0 Å². The lowest BCUT2D eigenvalue weighted by Crippen LogP contribution is -2.13. The third kappa shape index (κ3) is 3.10. The zero-order valence-corrected chi connectivity index (χ0v) is 13.3. The summed E-state index contributed by atoms with van der Waals surface area (Å²) in [6.07, 6.45) is 0. The van der Waals surface area contributed by atoms with Gasteiger partial charge in [0.25, 0.3) is 10.0 Å². The summed E-state index contributed by atoms with van der Waals surface area (Å²) >= 11 is 0.985. The predicted molar refractivity (Wildman–Crippen MR) is 83.3 cm³/mol. The molecule has 0 saturated carbocycles. The van der Waals surface area contributed by atoms with Gasteiger partial charge in [-0.2, -0.15) is 0 Å². The summed E-state index contributed by atoms with van der Waals surface area (Å²) in [4.78, 5) is 3.80. The van der Waals surface area contributed by atoms with Crippen LogP contribution in [0.15, 0.2) is 41.3 Å². The zero-order chi connectivity index (χ0) is 16.6. The number of aromatic nitrogens is 1. The molecule has 0 unspecified atom stereocenters. The normalized spacial score (nSPS) is 11.6. The Kier molecular flexibility index (Phi) is 3.90. The van der Waals surface area contributed by atoms with Crippen molar-refractivity contribution in [3.8, 4) is 5.75 Å². The second-order valence-corrected chi connectivity index (χ2v) is 7.25. The number of sulfonamides is 1. The Labute approximate surface area is 134 Å². The van der Waals surface area contributed by atoms with E-state index in [0.29, 0.717) is 10.2 Å². The maximum absolute atomic E-state index is 13.7. The van der Waals surface area contributed by atoms with Gasteiger partial charge >= 0.3 is 0 Å². The van der Waals surface area contributed by atoms with Crippen LogP contribution in [0.3, 0.4) is 0 Å². The molecule has 1 heterocycles. The van der Waals surface area contributed by atoms with Gasteiger partial charge in [-0.1, -0.05) is 11.3 Å². The molecule has 5 nitrogen and oxygen atoms in total. The lowest BCUT2D eigenvalue weighted by atomic mass is 10.3. The van der Waals surface area contributed by atoms with Crippen LogP contribution in [0.1, 0.15) is 0 Å². The number of nitrogens with zero attached hydrogens (tertiary/aromatic N) is 1. The van der Waals surface area contributed by atoms with Crippen LogP contribution >= 0.6 is 11.3 Å². The van der Waals surface area contributed by atoms with Gasteiger partial charge in [-0.3, -0.25) is 4.72 Å². The number of fused-ring (bicyclic) bond motifs is 1. The molecule has 3 rings (SSSR count). The number of hydrogen-bond acceptors (Lipinski definition) is 5. The Morgan fingerprint density at radius 1 is 1.17 bits per heavy atom. The summed E-state index contributed by atoms with van der Waals surface area (Å²) < 4.78 is 58.9. The molecule has 3 aromatic rings. The number of benzene rings is 2. The van der Waals surface area contributed by atoms with E-state index >= 15 is 0 Å². The highest BCUT2D eigenvalue weighted by atomic mass is 32.2. The molecule has 2 aromatic carbocycles. The molecule has 0 atom stereocenters. The van der Waals surface area contributed by atoms with Gasteiger partial charge in [0.1, 0.15) is 5.82 Å². The van der Waals surface area contributed by atoms with Gasteiger partial charge < -0.3 is 4.74 Å². The first kappa shape index (κ1) is 15.6.